The second-order valence-corrected chi connectivity index (χ2v) is 6.79. The monoisotopic (exact) mass is 426 g/mol. The van der Waals surface area contributed by atoms with Gasteiger partial charge in [0, 0.05) is 35.9 Å². The Balaban J connectivity index is 0.000000628. The van der Waals surface area contributed by atoms with E-state index in [1.165, 1.54) is 24.3 Å². The first-order valence-corrected chi connectivity index (χ1v) is 9.17. The highest BCUT2D eigenvalue weighted by Gasteiger charge is 2.29. The van der Waals surface area contributed by atoms with Gasteiger partial charge in [0.05, 0.1) is 22.0 Å². The number of aliphatic carboxylic acids is 1. The minimum Gasteiger partial charge on any atom is -0.481 e. The van der Waals surface area contributed by atoms with Crippen LogP contribution in [0, 0.1) is 29.8 Å². The normalized spacial score (nSPS) is 14.4. The number of aryl methyl sites for hydroxylation is 1. The minimum absolute atomic E-state index is 0.141. The molecule has 0 amide bonds. The van der Waals surface area contributed by atoms with Crippen LogP contribution in [0.1, 0.15) is 41.5 Å². The highest BCUT2D eigenvalue weighted by molar-refractivity contribution is 6.15. The van der Waals surface area contributed by atoms with E-state index in [2.05, 4.69) is 9.98 Å². The maximum Gasteiger partial charge on any atom is 0.300 e. The molecule has 1 atom stereocenters. The summed E-state index contributed by atoms with van der Waals surface area (Å²) in [5, 5.41) is 29.3. The lowest BCUT2D eigenvalue weighted by molar-refractivity contribution is -0.384. The first-order valence-electron chi connectivity index (χ1n) is 9.17. The third-order valence-electron chi connectivity index (χ3n) is 4.67. The van der Waals surface area contributed by atoms with E-state index < -0.39 is 22.9 Å². The molecule has 2 N–H and O–H groups in total. The van der Waals surface area contributed by atoms with Crippen LogP contribution in [-0.2, 0) is 4.79 Å². The third kappa shape index (κ3) is 4.19. The summed E-state index contributed by atoms with van der Waals surface area (Å²) in [5.74, 6) is -1.08. The maximum absolute atomic E-state index is 14.5. The fraction of sp³-hybridized carbons (Fsp3) is 0.190. The summed E-state index contributed by atoms with van der Waals surface area (Å²) in [4.78, 5) is 28.4. The molecule has 1 aromatic heterocycles. The van der Waals surface area contributed by atoms with Gasteiger partial charge in [-0.05, 0) is 32.0 Å². The van der Waals surface area contributed by atoms with Gasteiger partial charge in [-0.2, -0.15) is 0 Å². The zero-order chi connectivity index (χ0) is 22.9. The number of carboxylic acid groups (broad SMARTS) is 1. The maximum atomic E-state index is 14.5. The first kappa shape index (κ1) is 21.8. The summed E-state index contributed by atoms with van der Waals surface area (Å²) in [7, 11) is 0. The second kappa shape index (κ2) is 8.44. The number of benzene rings is 2. The molecule has 0 spiro atoms. The Morgan fingerprint density at radius 2 is 1.84 bits per heavy atom. The summed E-state index contributed by atoms with van der Waals surface area (Å²) in [5.41, 5.74) is 2.52. The topological polar surface area (TPSA) is 131 Å². The van der Waals surface area contributed by atoms with Crippen molar-refractivity contribution in [3.8, 4) is 5.69 Å². The van der Waals surface area contributed by atoms with Gasteiger partial charge < -0.3 is 10.2 Å². The van der Waals surface area contributed by atoms with Crippen LogP contribution in [0.5, 0.6) is 0 Å². The number of fused-ring (bicyclic) bond motifs is 3. The molecule has 2 aromatic carbocycles. The molecule has 0 saturated carbocycles. The summed E-state index contributed by atoms with van der Waals surface area (Å²) >= 11 is 0. The number of carboxylic acids is 1. The molecule has 1 aliphatic rings. The van der Waals surface area contributed by atoms with E-state index in [1.54, 1.807) is 29.7 Å². The van der Waals surface area contributed by atoms with Crippen molar-refractivity contribution >= 4 is 17.4 Å². The largest absolute Gasteiger partial charge is 0.481 e. The highest BCUT2D eigenvalue weighted by Crippen LogP contribution is 2.33. The number of nitrogens with zero attached hydrogens (tertiary/aromatic N) is 4. The number of aliphatic hydroxyl groups excluding tert-OH is 1. The Bertz CT molecular complexity index is 1210. The zero-order valence-corrected chi connectivity index (χ0v) is 16.9. The molecule has 2 heterocycles. The smallest absolute Gasteiger partial charge is 0.300 e. The van der Waals surface area contributed by atoms with Crippen LogP contribution in [-0.4, -0.2) is 36.4 Å². The average molecular weight is 426 g/mol. The predicted molar refractivity (Wildman–Crippen MR) is 110 cm³/mol. The van der Waals surface area contributed by atoms with E-state index in [-0.39, 0.29) is 22.8 Å². The van der Waals surface area contributed by atoms with Gasteiger partial charge in [0.2, 0.25) is 6.23 Å². The number of rotatable bonds is 2. The van der Waals surface area contributed by atoms with E-state index in [9.17, 15) is 19.6 Å². The van der Waals surface area contributed by atoms with Crippen molar-refractivity contribution in [2.45, 2.75) is 27.0 Å². The van der Waals surface area contributed by atoms with E-state index >= 15 is 0 Å². The third-order valence-corrected chi connectivity index (χ3v) is 4.67. The lowest BCUT2D eigenvalue weighted by Gasteiger charge is -2.13. The summed E-state index contributed by atoms with van der Waals surface area (Å²) in [6.07, 6.45) is -1.33. The number of carbonyl (C=O) groups is 1. The van der Waals surface area contributed by atoms with Crippen LogP contribution >= 0.6 is 0 Å². The van der Waals surface area contributed by atoms with Crippen molar-refractivity contribution in [3.05, 3.63) is 86.7 Å². The SMILES string of the molecule is CC(=O)O.Cc1nc2n(c1C)-c1ccc([N+](=O)[O-])cc1C(c1ccccc1F)=NC2O. The van der Waals surface area contributed by atoms with Gasteiger partial charge in [-0.3, -0.25) is 19.5 Å². The molecule has 0 radical (unpaired) electrons. The molecule has 3 aromatic rings. The van der Waals surface area contributed by atoms with Gasteiger partial charge in [-0.15, -0.1) is 0 Å². The quantitative estimate of drug-likeness (QED) is 0.477. The number of hydrogen-bond acceptors (Lipinski definition) is 6. The van der Waals surface area contributed by atoms with Gasteiger partial charge in [-0.25, -0.2) is 14.4 Å². The fourth-order valence-corrected chi connectivity index (χ4v) is 3.25. The molecule has 10 heteroatoms. The minimum atomic E-state index is -1.33. The van der Waals surface area contributed by atoms with Crippen LogP contribution < -0.4 is 0 Å². The molecule has 31 heavy (non-hydrogen) atoms. The van der Waals surface area contributed by atoms with E-state index in [0.717, 1.165) is 12.6 Å². The predicted octanol–water partition coefficient (Wildman–Crippen LogP) is 3.47. The van der Waals surface area contributed by atoms with Crippen molar-refractivity contribution in [2.75, 3.05) is 0 Å². The van der Waals surface area contributed by atoms with Crippen LogP contribution in [0.3, 0.4) is 0 Å². The fourth-order valence-electron chi connectivity index (χ4n) is 3.25. The van der Waals surface area contributed by atoms with Crippen molar-refractivity contribution in [1.29, 1.82) is 0 Å². The Kier molecular flexibility index (Phi) is 5.93. The number of nitro benzene ring substituents is 1. The highest BCUT2D eigenvalue weighted by atomic mass is 19.1. The summed E-state index contributed by atoms with van der Waals surface area (Å²) in [6, 6.07) is 10.3. The van der Waals surface area contributed by atoms with Crippen LogP contribution in [0.2, 0.25) is 0 Å². The van der Waals surface area contributed by atoms with Crippen molar-refractivity contribution < 1.29 is 24.3 Å². The van der Waals surface area contributed by atoms with Crippen LogP contribution in [0.4, 0.5) is 10.1 Å². The van der Waals surface area contributed by atoms with Gasteiger partial charge >= 0.3 is 0 Å². The van der Waals surface area contributed by atoms with Crippen molar-refractivity contribution in [2.24, 2.45) is 4.99 Å². The molecular formula is C21H19FN4O5. The van der Waals surface area contributed by atoms with Crippen molar-refractivity contribution in [3.63, 3.8) is 0 Å². The van der Waals surface area contributed by atoms with Gasteiger partial charge in [0.15, 0.2) is 5.82 Å². The van der Waals surface area contributed by atoms with E-state index in [0.29, 0.717) is 16.9 Å². The molecule has 0 bridgehead atoms. The van der Waals surface area contributed by atoms with Gasteiger partial charge in [-0.1, -0.05) is 12.1 Å². The average Bonchev–Trinajstić information content (AvgIpc) is 2.94. The Labute approximate surface area is 176 Å². The Hall–Kier alpha value is -3.92. The lowest BCUT2D eigenvalue weighted by atomic mass is 9.99. The molecule has 0 saturated heterocycles. The molecule has 4 rings (SSSR count). The van der Waals surface area contributed by atoms with Gasteiger partial charge in [0.25, 0.3) is 11.7 Å². The number of nitro groups is 1. The second-order valence-electron chi connectivity index (χ2n) is 6.79. The number of non-ortho nitro benzene ring substituents is 1. The first-order chi connectivity index (χ1) is 14.6. The number of aliphatic imine (C=N–C) groups is 1. The lowest BCUT2D eigenvalue weighted by Crippen LogP contribution is -2.10. The van der Waals surface area contributed by atoms with Gasteiger partial charge in [0.1, 0.15) is 5.82 Å². The molecular weight excluding hydrogens is 407 g/mol. The molecule has 1 unspecified atom stereocenters. The Morgan fingerprint density at radius 1 is 1.19 bits per heavy atom. The van der Waals surface area contributed by atoms with Crippen LogP contribution in [0.15, 0.2) is 47.5 Å². The molecule has 160 valence electrons. The molecule has 0 fully saturated rings. The number of halogens is 1. The van der Waals surface area contributed by atoms with E-state index in [4.69, 9.17) is 9.90 Å². The van der Waals surface area contributed by atoms with Crippen molar-refractivity contribution in [1.82, 2.24) is 9.55 Å². The number of aromatic nitrogens is 2. The summed E-state index contributed by atoms with van der Waals surface area (Å²) in [6.45, 7) is 4.72. The summed E-state index contributed by atoms with van der Waals surface area (Å²) < 4.78 is 16.2. The standard InChI is InChI=1S/C19H15FN4O3.C2H4O2/c1-10-11(2)23-16-8-7-12(24(26)27)9-14(16)17(22-19(25)18(23)21-10)13-5-3-4-6-15(13)20;1-2(3)4/h3-9,19,25H,1-2H3;1H3,(H,3,4). The Morgan fingerprint density at radius 3 is 2.45 bits per heavy atom. The zero-order valence-electron chi connectivity index (χ0n) is 16.9. The van der Waals surface area contributed by atoms with E-state index in [1.807, 2.05) is 6.92 Å². The number of aliphatic hydroxyl groups is 1. The number of imidazole rings is 1. The van der Waals surface area contributed by atoms with Crippen LogP contribution in [0.25, 0.3) is 5.69 Å². The number of hydrogen-bond donors (Lipinski definition) is 2. The molecule has 1 aliphatic heterocycles. The molecule has 9 nitrogen and oxygen atoms in total. The molecule has 0 aliphatic carbocycles.